The zero-order valence-electron chi connectivity index (χ0n) is 10.4. The lowest BCUT2D eigenvalue weighted by molar-refractivity contribution is 0.0522. The van der Waals surface area contributed by atoms with Gasteiger partial charge in [0.2, 0.25) is 0 Å². The average molecular weight is 300 g/mol. The van der Waals surface area contributed by atoms with E-state index >= 15 is 0 Å². The normalized spacial score (nSPS) is 19.5. The highest BCUT2D eigenvalue weighted by molar-refractivity contribution is 9.09. The van der Waals surface area contributed by atoms with Gasteiger partial charge in [-0.05, 0) is 26.3 Å². The van der Waals surface area contributed by atoms with Crippen molar-refractivity contribution in [2.75, 3.05) is 5.33 Å². The summed E-state index contributed by atoms with van der Waals surface area (Å²) < 4.78 is 5.19. The summed E-state index contributed by atoms with van der Waals surface area (Å²) in [7, 11) is 0. The molecule has 0 fully saturated rings. The predicted molar refractivity (Wildman–Crippen MR) is 73.3 cm³/mol. The van der Waals surface area contributed by atoms with E-state index in [1.807, 2.05) is 51.2 Å². The fraction of sp³-hybridized carbons (Fsp3) is 0.462. The van der Waals surface area contributed by atoms with Crippen LogP contribution in [-0.4, -0.2) is 23.1 Å². The van der Waals surface area contributed by atoms with Gasteiger partial charge >= 0.3 is 6.09 Å². The molecule has 0 saturated heterocycles. The molecule has 1 aliphatic carbocycles. The Bertz CT molecular complexity index is 364. The fourth-order valence-corrected chi connectivity index (χ4v) is 1.65. The molecule has 0 aromatic rings. The van der Waals surface area contributed by atoms with Crippen LogP contribution >= 0.6 is 15.9 Å². The van der Waals surface area contributed by atoms with Crippen molar-refractivity contribution in [1.29, 1.82) is 0 Å². The Morgan fingerprint density at radius 2 is 2.18 bits per heavy atom. The zero-order valence-corrected chi connectivity index (χ0v) is 12.0. The molecule has 1 rings (SSSR count). The quantitative estimate of drug-likeness (QED) is 0.794. The molecule has 0 saturated carbocycles. The smallest absolute Gasteiger partial charge is 0.408 e. The highest BCUT2D eigenvalue weighted by Gasteiger charge is 2.17. The third-order valence-electron chi connectivity index (χ3n) is 1.98. The van der Waals surface area contributed by atoms with Crippen LogP contribution < -0.4 is 5.32 Å². The maximum absolute atomic E-state index is 11.6. The Balaban J connectivity index is 2.52. The number of rotatable bonds is 2. The van der Waals surface area contributed by atoms with Gasteiger partial charge in [-0.1, -0.05) is 46.3 Å². The SMILES string of the molecule is CC(C)(C)OC(=O)NC1C=CC=C(CBr)C=C1. The van der Waals surface area contributed by atoms with Gasteiger partial charge in [0.25, 0.3) is 0 Å². The number of halogens is 1. The largest absolute Gasteiger partial charge is 0.444 e. The van der Waals surface area contributed by atoms with Crippen LogP contribution in [0.2, 0.25) is 0 Å². The third kappa shape index (κ3) is 5.73. The van der Waals surface area contributed by atoms with E-state index in [1.54, 1.807) is 0 Å². The second kappa shape index (κ2) is 6.05. The zero-order chi connectivity index (χ0) is 12.9. The van der Waals surface area contributed by atoms with Crippen molar-refractivity contribution < 1.29 is 9.53 Å². The first-order valence-corrected chi connectivity index (χ1v) is 6.64. The Morgan fingerprint density at radius 3 is 2.76 bits per heavy atom. The summed E-state index contributed by atoms with van der Waals surface area (Å²) in [5, 5.41) is 3.58. The molecule has 1 unspecified atom stereocenters. The monoisotopic (exact) mass is 299 g/mol. The van der Waals surface area contributed by atoms with E-state index in [9.17, 15) is 4.79 Å². The van der Waals surface area contributed by atoms with Gasteiger partial charge in [0.15, 0.2) is 0 Å². The maximum Gasteiger partial charge on any atom is 0.408 e. The molecule has 94 valence electrons. The van der Waals surface area contributed by atoms with Crippen LogP contribution in [0.5, 0.6) is 0 Å². The fourth-order valence-electron chi connectivity index (χ4n) is 1.27. The third-order valence-corrected chi connectivity index (χ3v) is 2.63. The number of nitrogens with one attached hydrogen (secondary N) is 1. The molecular weight excluding hydrogens is 282 g/mol. The Kier molecular flexibility index (Phi) is 5.00. The van der Waals surface area contributed by atoms with Gasteiger partial charge in [0, 0.05) is 5.33 Å². The second-order valence-corrected chi connectivity index (χ2v) is 5.35. The minimum absolute atomic E-state index is 0.127. The van der Waals surface area contributed by atoms with E-state index in [-0.39, 0.29) is 6.04 Å². The highest BCUT2D eigenvalue weighted by Crippen LogP contribution is 2.10. The van der Waals surface area contributed by atoms with Gasteiger partial charge in [0.05, 0.1) is 6.04 Å². The summed E-state index contributed by atoms with van der Waals surface area (Å²) in [6.07, 6.45) is 9.35. The summed E-state index contributed by atoms with van der Waals surface area (Å²) in [5.74, 6) is 0. The molecule has 17 heavy (non-hydrogen) atoms. The van der Waals surface area contributed by atoms with Crippen LogP contribution in [0.15, 0.2) is 36.0 Å². The first kappa shape index (κ1) is 14.0. The molecule has 3 nitrogen and oxygen atoms in total. The van der Waals surface area contributed by atoms with Gasteiger partial charge in [-0.25, -0.2) is 4.79 Å². The van der Waals surface area contributed by atoms with E-state index in [0.717, 1.165) is 10.9 Å². The van der Waals surface area contributed by atoms with Crippen molar-refractivity contribution in [1.82, 2.24) is 5.32 Å². The summed E-state index contributed by atoms with van der Waals surface area (Å²) >= 11 is 3.39. The highest BCUT2D eigenvalue weighted by atomic mass is 79.9. The van der Waals surface area contributed by atoms with Crippen LogP contribution in [0.25, 0.3) is 0 Å². The minimum atomic E-state index is -0.471. The number of hydrogen-bond donors (Lipinski definition) is 1. The van der Waals surface area contributed by atoms with Crippen LogP contribution in [0, 0.1) is 0 Å². The van der Waals surface area contributed by atoms with E-state index in [2.05, 4.69) is 21.2 Å². The lowest BCUT2D eigenvalue weighted by Gasteiger charge is -2.21. The summed E-state index contributed by atoms with van der Waals surface area (Å²) in [6.45, 7) is 5.53. The number of hydrogen-bond acceptors (Lipinski definition) is 2. The number of amides is 1. The number of alkyl halides is 1. The number of allylic oxidation sites excluding steroid dienone is 4. The van der Waals surface area contributed by atoms with Gasteiger partial charge in [0.1, 0.15) is 5.60 Å². The molecule has 0 aromatic carbocycles. The summed E-state index contributed by atoms with van der Waals surface area (Å²) in [6, 6.07) is -0.127. The van der Waals surface area contributed by atoms with Crippen molar-refractivity contribution in [3.63, 3.8) is 0 Å². The molecule has 4 heteroatoms. The molecule has 0 bridgehead atoms. The minimum Gasteiger partial charge on any atom is -0.444 e. The molecule has 0 aliphatic heterocycles. The van der Waals surface area contributed by atoms with Crippen LogP contribution in [0.1, 0.15) is 20.8 Å². The molecular formula is C13H18BrNO2. The molecule has 1 N–H and O–H groups in total. The van der Waals surface area contributed by atoms with Gasteiger partial charge < -0.3 is 10.1 Å². The number of carbonyl (C=O) groups excluding carboxylic acids is 1. The van der Waals surface area contributed by atoms with Gasteiger partial charge in [-0.3, -0.25) is 0 Å². The Labute approximate surface area is 111 Å². The summed E-state index contributed by atoms with van der Waals surface area (Å²) in [5.41, 5.74) is 0.691. The first-order valence-electron chi connectivity index (χ1n) is 5.52. The second-order valence-electron chi connectivity index (χ2n) is 4.79. The lowest BCUT2D eigenvalue weighted by Crippen LogP contribution is -2.37. The van der Waals surface area contributed by atoms with Crippen molar-refractivity contribution in [3.8, 4) is 0 Å². The molecule has 0 aromatic heterocycles. The molecule has 1 aliphatic rings. The molecule has 0 heterocycles. The average Bonchev–Trinajstić information content (AvgIpc) is 2.40. The van der Waals surface area contributed by atoms with E-state index in [1.165, 1.54) is 0 Å². The molecule has 1 atom stereocenters. The van der Waals surface area contributed by atoms with E-state index in [0.29, 0.717) is 0 Å². The number of alkyl carbamates (subject to hydrolysis) is 1. The van der Waals surface area contributed by atoms with Gasteiger partial charge in [-0.15, -0.1) is 0 Å². The van der Waals surface area contributed by atoms with Crippen molar-refractivity contribution in [2.24, 2.45) is 0 Å². The lowest BCUT2D eigenvalue weighted by atomic mass is 10.2. The number of carbonyl (C=O) groups is 1. The molecule has 0 spiro atoms. The van der Waals surface area contributed by atoms with Crippen molar-refractivity contribution in [2.45, 2.75) is 32.4 Å². The van der Waals surface area contributed by atoms with Crippen LogP contribution in [0.4, 0.5) is 4.79 Å². The Hall–Kier alpha value is -1.03. The molecule has 1 amide bonds. The standard InChI is InChI=1S/C13H18BrNO2/c1-13(2,3)17-12(16)15-11-6-4-5-10(9-14)7-8-11/h4-8,11H,9H2,1-3H3,(H,15,16). The van der Waals surface area contributed by atoms with E-state index < -0.39 is 11.7 Å². The van der Waals surface area contributed by atoms with Crippen molar-refractivity contribution >= 4 is 22.0 Å². The predicted octanol–water partition coefficient (Wildman–Crippen LogP) is 3.33. The first-order chi connectivity index (χ1) is 7.90. The van der Waals surface area contributed by atoms with Crippen molar-refractivity contribution in [3.05, 3.63) is 36.0 Å². The maximum atomic E-state index is 11.6. The topological polar surface area (TPSA) is 38.3 Å². The Morgan fingerprint density at radius 1 is 1.47 bits per heavy atom. The van der Waals surface area contributed by atoms with E-state index in [4.69, 9.17) is 4.74 Å². The summed E-state index contributed by atoms with van der Waals surface area (Å²) in [4.78, 5) is 11.6. The van der Waals surface area contributed by atoms with Gasteiger partial charge in [-0.2, -0.15) is 0 Å². The molecule has 0 radical (unpaired) electrons. The van der Waals surface area contributed by atoms with Crippen LogP contribution in [-0.2, 0) is 4.74 Å². The number of ether oxygens (including phenoxy) is 1. The van der Waals surface area contributed by atoms with Crippen LogP contribution in [0.3, 0.4) is 0 Å².